The van der Waals surface area contributed by atoms with Crippen LogP contribution in [0.5, 0.6) is 0 Å². The van der Waals surface area contributed by atoms with Crippen molar-refractivity contribution in [3.8, 4) is 0 Å². The average molecular weight is 283 g/mol. The molecule has 1 aromatic rings. The highest BCUT2D eigenvalue weighted by molar-refractivity contribution is 9.10. The Labute approximate surface area is 104 Å². The minimum Gasteiger partial charge on any atom is -0.381 e. The van der Waals surface area contributed by atoms with E-state index in [0.717, 1.165) is 29.7 Å². The van der Waals surface area contributed by atoms with E-state index in [1.54, 1.807) is 0 Å². The fraction of sp³-hybridized carbons (Fsp3) is 0.462. The van der Waals surface area contributed by atoms with E-state index >= 15 is 0 Å². The first-order chi connectivity index (χ1) is 7.75. The van der Waals surface area contributed by atoms with Crippen molar-refractivity contribution in [2.45, 2.75) is 19.3 Å². The highest BCUT2D eigenvalue weighted by Crippen LogP contribution is 2.20. The number of hydrogen-bond donors (Lipinski definition) is 0. The van der Waals surface area contributed by atoms with Gasteiger partial charge in [-0.3, -0.25) is 4.79 Å². The molecule has 16 heavy (non-hydrogen) atoms. The highest BCUT2D eigenvalue weighted by atomic mass is 79.9. The Kier molecular flexibility index (Phi) is 4.13. The largest absolute Gasteiger partial charge is 0.381 e. The Morgan fingerprint density at radius 3 is 2.94 bits per heavy atom. The number of ether oxygens (including phenoxy) is 1. The van der Waals surface area contributed by atoms with E-state index in [1.807, 2.05) is 24.3 Å². The molecule has 3 heteroatoms. The van der Waals surface area contributed by atoms with Gasteiger partial charge in [-0.05, 0) is 24.0 Å². The van der Waals surface area contributed by atoms with Crippen molar-refractivity contribution in [3.05, 3.63) is 34.3 Å². The molecule has 0 spiro atoms. The molecule has 1 aliphatic heterocycles. The van der Waals surface area contributed by atoms with Crippen LogP contribution in [0.3, 0.4) is 0 Å². The van der Waals surface area contributed by atoms with Crippen LogP contribution in [0.15, 0.2) is 28.7 Å². The predicted octanol–water partition coefficient (Wildman–Crippen LogP) is 2.99. The van der Waals surface area contributed by atoms with Crippen molar-refractivity contribution in [1.29, 1.82) is 0 Å². The van der Waals surface area contributed by atoms with Crippen molar-refractivity contribution < 1.29 is 9.53 Å². The van der Waals surface area contributed by atoms with Crippen molar-refractivity contribution >= 4 is 21.7 Å². The number of carbonyl (C=O) groups is 1. The molecule has 2 nitrogen and oxygen atoms in total. The minimum atomic E-state index is 0.308. The van der Waals surface area contributed by atoms with E-state index in [4.69, 9.17) is 4.74 Å². The number of halogens is 1. The summed E-state index contributed by atoms with van der Waals surface area (Å²) in [6.45, 7) is 1.56. The van der Waals surface area contributed by atoms with E-state index < -0.39 is 0 Å². The van der Waals surface area contributed by atoms with Crippen LogP contribution >= 0.6 is 15.9 Å². The van der Waals surface area contributed by atoms with Gasteiger partial charge in [-0.1, -0.05) is 34.1 Å². The van der Waals surface area contributed by atoms with E-state index in [-0.39, 0.29) is 0 Å². The van der Waals surface area contributed by atoms with Crippen molar-refractivity contribution in [1.82, 2.24) is 0 Å². The summed E-state index contributed by atoms with van der Waals surface area (Å²) in [7, 11) is 0. The van der Waals surface area contributed by atoms with Crippen LogP contribution in [0.2, 0.25) is 0 Å². The highest BCUT2D eigenvalue weighted by Gasteiger charge is 2.19. The van der Waals surface area contributed by atoms with E-state index in [0.29, 0.717) is 24.5 Å². The predicted molar refractivity (Wildman–Crippen MR) is 66.4 cm³/mol. The van der Waals surface area contributed by atoms with Crippen LogP contribution in [0, 0.1) is 5.92 Å². The Morgan fingerprint density at radius 1 is 1.44 bits per heavy atom. The van der Waals surface area contributed by atoms with Crippen molar-refractivity contribution in [3.63, 3.8) is 0 Å². The molecule has 1 atom stereocenters. The molecule has 1 unspecified atom stereocenters. The minimum absolute atomic E-state index is 0.308. The molecule has 1 aromatic carbocycles. The second-order valence-electron chi connectivity index (χ2n) is 4.24. The topological polar surface area (TPSA) is 26.3 Å². The molecule has 1 fully saturated rings. The number of carbonyl (C=O) groups excluding carboxylic acids is 1. The summed E-state index contributed by atoms with van der Waals surface area (Å²) in [5, 5.41) is 0. The summed E-state index contributed by atoms with van der Waals surface area (Å²) in [6.07, 6.45) is 2.21. The van der Waals surface area contributed by atoms with Gasteiger partial charge in [0, 0.05) is 30.5 Å². The molecule has 0 aliphatic carbocycles. The number of benzene rings is 1. The molecule has 0 radical (unpaired) electrons. The van der Waals surface area contributed by atoms with Crippen LogP contribution in [0.25, 0.3) is 0 Å². The van der Waals surface area contributed by atoms with Crippen LogP contribution in [0.4, 0.5) is 0 Å². The molecule has 0 N–H and O–H groups in total. The number of hydrogen-bond acceptors (Lipinski definition) is 2. The molecule has 86 valence electrons. The molecule has 0 bridgehead atoms. The molecule has 1 aliphatic rings. The average Bonchev–Trinajstić information content (AvgIpc) is 2.74. The van der Waals surface area contributed by atoms with E-state index in [1.165, 1.54) is 0 Å². The molecule has 2 rings (SSSR count). The third kappa shape index (κ3) is 3.16. The lowest BCUT2D eigenvalue weighted by Crippen LogP contribution is -2.10. The summed E-state index contributed by atoms with van der Waals surface area (Å²) in [6, 6.07) is 7.89. The second kappa shape index (κ2) is 5.60. The normalized spacial score (nSPS) is 19.9. The molecule has 0 amide bonds. The van der Waals surface area contributed by atoms with Gasteiger partial charge in [0.15, 0.2) is 0 Å². The van der Waals surface area contributed by atoms with Gasteiger partial charge in [0.25, 0.3) is 0 Å². The molecular formula is C13H15BrO2. The Morgan fingerprint density at radius 2 is 2.25 bits per heavy atom. The lowest BCUT2D eigenvalue weighted by atomic mass is 9.98. The SMILES string of the molecule is O=C(Cc1ccccc1Br)CC1CCOC1. The summed E-state index contributed by atoms with van der Waals surface area (Å²) in [5.41, 5.74) is 1.08. The second-order valence-corrected chi connectivity index (χ2v) is 5.09. The molecule has 1 saturated heterocycles. The maximum absolute atomic E-state index is 11.8. The lowest BCUT2D eigenvalue weighted by Gasteiger charge is -2.07. The Bertz CT molecular complexity index is 370. The molecule has 0 saturated carbocycles. The number of Topliss-reactive ketones (excluding diaryl/α,β-unsaturated/α-hetero) is 1. The Hall–Kier alpha value is -0.670. The smallest absolute Gasteiger partial charge is 0.137 e. The first kappa shape index (κ1) is 11.8. The molecule has 1 heterocycles. The summed E-state index contributed by atoms with van der Waals surface area (Å²) in [4.78, 5) is 11.8. The van der Waals surface area contributed by atoms with Crippen LogP contribution in [0.1, 0.15) is 18.4 Å². The quantitative estimate of drug-likeness (QED) is 0.849. The van der Waals surface area contributed by atoms with E-state index in [9.17, 15) is 4.79 Å². The van der Waals surface area contributed by atoms with Gasteiger partial charge < -0.3 is 4.74 Å². The zero-order valence-corrected chi connectivity index (χ0v) is 10.7. The zero-order chi connectivity index (χ0) is 11.4. The van der Waals surface area contributed by atoms with Gasteiger partial charge in [0.2, 0.25) is 0 Å². The molecule has 0 aromatic heterocycles. The summed E-state index contributed by atoms with van der Waals surface area (Å²) in [5.74, 6) is 0.748. The van der Waals surface area contributed by atoms with Gasteiger partial charge in [0.1, 0.15) is 5.78 Å². The fourth-order valence-electron chi connectivity index (χ4n) is 1.99. The van der Waals surface area contributed by atoms with Crippen LogP contribution in [-0.2, 0) is 16.0 Å². The van der Waals surface area contributed by atoms with E-state index in [2.05, 4.69) is 15.9 Å². The monoisotopic (exact) mass is 282 g/mol. The first-order valence-electron chi connectivity index (χ1n) is 5.58. The lowest BCUT2D eigenvalue weighted by molar-refractivity contribution is -0.119. The van der Waals surface area contributed by atoms with Gasteiger partial charge in [-0.25, -0.2) is 0 Å². The molecular weight excluding hydrogens is 268 g/mol. The maximum Gasteiger partial charge on any atom is 0.137 e. The van der Waals surface area contributed by atoms with Gasteiger partial charge in [-0.2, -0.15) is 0 Å². The number of rotatable bonds is 4. The maximum atomic E-state index is 11.8. The van der Waals surface area contributed by atoms with Crippen molar-refractivity contribution in [2.24, 2.45) is 5.92 Å². The number of ketones is 1. The third-order valence-corrected chi connectivity index (χ3v) is 3.66. The standard InChI is InChI=1S/C13H15BrO2/c14-13-4-2-1-3-11(13)8-12(15)7-10-5-6-16-9-10/h1-4,10H,5-9H2. The van der Waals surface area contributed by atoms with Gasteiger partial charge in [-0.15, -0.1) is 0 Å². The van der Waals surface area contributed by atoms with Crippen LogP contribution < -0.4 is 0 Å². The van der Waals surface area contributed by atoms with Crippen molar-refractivity contribution in [2.75, 3.05) is 13.2 Å². The first-order valence-corrected chi connectivity index (χ1v) is 6.38. The fourth-order valence-corrected chi connectivity index (χ4v) is 2.42. The summed E-state index contributed by atoms with van der Waals surface area (Å²) < 4.78 is 6.29. The van der Waals surface area contributed by atoms with Crippen LogP contribution in [-0.4, -0.2) is 19.0 Å². The van der Waals surface area contributed by atoms with Gasteiger partial charge in [0.05, 0.1) is 0 Å². The summed E-state index contributed by atoms with van der Waals surface area (Å²) >= 11 is 3.46. The zero-order valence-electron chi connectivity index (χ0n) is 9.12. The van der Waals surface area contributed by atoms with Gasteiger partial charge >= 0.3 is 0 Å². The third-order valence-electron chi connectivity index (χ3n) is 2.89. The Balaban J connectivity index is 1.89.